The van der Waals surface area contributed by atoms with Crippen molar-refractivity contribution in [1.29, 1.82) is 0 Å². The summed E-state index contributed by atoms with van der Waals surface area (Å²) in [7, 11) is 0. The average molecular weight is 474 g/mol. The highest BCUT2D eigenvalue weighted by atomic mass is 16.6. The van der Waals surface area contributed by atoms with Gasteiger partial charge in [-0.1, -0.05) is 26.0 Å². The van der Waals surface area contributed by atoms with Gasteiger partial charge in [-0.3, -0.25) is 19.3 Å². The number of ether oxygens (including phenoxy) is 1. The predicted octanol–water partition coefficient (Wildman–Crippen LogP) is 1.24. The van der Waals surface area contributed by atoms with Gasteiger partial charge in [0, 0.05) is 45.0 Å². The van der Waals surface area contributed by atoms with Crippen LogP contribution in [-0.4, -0.2) is 97.0 Å². The number of rotatable bonds is 7. The van der Waals surface area contributed by atoms with E-state index in [-0.39, 0.29) is 36.8 Å². The minimum absolute atomic E-state index is 0.111. The molecule has 0 aliphatic carbocycles. The maximum atomic E-state index is 13.0. The summed E-state index contributed by atoms with van der Waals surface area (Å²) in [5.74, 6) is -0.445. The molecule has 2 heterocycles. The maximum absolute atomic E-state index is 13.0. The Morgan fingerprint density at radius 3 is 2.38 bits per heavy atom. The van der Waals surface area contributed by atoms with Crippen molar-refractivity contribution in [2.45, 2.75) is 39.2 Å². The lowest BCUT2D eigenvalue weighted by Gasteiger charge is -2.38. The number of benzene rings is 1. The summed E-state index contributed by atoms with van der Waals surface area (Å²) in [5.41, 5.74) is 1.83. The van der Waals surface area contributed by atoms with Crippen molar-refractivity contribution in [1.82, 2.24) is 20.0 Å². The number of amides is 4. The largest absolute Gasteiger partial charge is 0.450 e. The first-order valence-electron chi connectivity index (χ1n) is 11.9. The SMILES string of the molecule is CCOC(=O)N1CCN(CC(=O)N2CCNC(=O)[C@H]2CC(=O)Nc2ccc(C(C)C)cc2)CC1. The Labute approximate surface area is 200 Å². The zero-order valence-corrected chi connectivity index (χ0v) is 20.2. The van der Waals surface area contributed by atoms with Crippen LogP contribution in [0.1, 0.15) is 38.7 Å². The number of nitrogens with zero attached hydrogens (tertiary/aromatic N) is 3. The first-order valence-corrected chi connectivity index (χ1v) is 11.9. The number of anilines is 1. The summed E-state index contributed by atoms with van der Waals surface area (Å²) < 4.78 is 5.03. The zero-order valence-electron chi connectivity index (χ0n) is 20.2. The highest BCUT2D eigenvalue weighted by Gasteiger charge is 2.35. The summed E-state index contributed by atoms with van der Waals surface area (Å²) in [5, 5.41) is 5.58. The van der Waals surface area contributed by atoms with Gasteiger partial charge in [0.1, 0.15) is 6.04 Å². The van der Waals surface area contributed by atoms with Crippen LogP contribution in [0.4, 0.5) is 10.5 Å². The van der Waals surface area contributed by atoms with Gasteiger partial charge in [-0.25, -0.2) is 4.79 Å². The average Bonchev–Trinajstić information content (AvgIpc) is 2.81. The minimum atomic E-state index is -0.850. The lowest BCUT2D eigenvalue weighted by molar-refractivity contribution is -0.145. The molecule has 2 aliphatic rings. The summed E-state index contributed by atoms with van der Waals surface area (Å²) in [6, 6.07) is 6.76. The van der Waals surface area contributed by atoms with Gasteiger partial charge < -0.3 is 25.2 Å². The van der Waals surface area contributed by atoms with E-state index < -0.39 is 6.04 Å². The molecule has 0 unspecified atom stereocenters. The number of hydrogen-bond donors (Lipinski definition) is 2. The number of nitrogens with one attached hydrogen (secondary N) is 2. The van der Waals surface area contributed by atoms with E-state index in [1.807, 2.05) is 29.2 Å². The second kappa shape index (κ2) is 11.8. The van der Waals surface area contributed by atoms with Crippen molar-refractivity contribution in [3.05, 3.63) is 29.8 Å². The molecule has 0 spiro atoms. The van der Waals surface area contributed by atoms with Crippen molar-refractivity contribution in [3.8, 4) is 0 Å². The third-order valence-electron chi connectivity index (χ3n) is 6.15. The zero-order chi connectivity index (χ0) is 24.7. The van der Waals surface area contributed by atoms with Gasteiger partial charge in [-0.15, -0.1) is 0 Å². The Bertz CT molecular complexity index is 880. The second-order valence-electron chi connectivity index (χ2n) is 8.89. The van der Waals surface area contributed by atoms with Crippen molar-refractivity contribution < 1.29 is 23.9 Å². The number of carbonyl (C=O) groups is 4. The fourth-order valence-electron chi connectivity index (χ4n) is 4.14. The van der Waals surface area contributed by atoms with Crippen LogP contribution >= 0.6 is 0 Å². The number of hydrogen-bond acceptors (Lipinski definition) is 6. The van der Waals surface area contributed by atoms with Crippen LogP contribution in [0, 0.1) is 0 Å². The standard InChI is InChI=1S/C24H35N5O5/c1-4-34-24(33)28-13-11-27(12-14-28)16-22(31)29-10-9-25-23(32)20(29)15-21(30)26-19-7-5-18(6-8-19)17(2)3/h5-8,17,20H,4,9-16H2,1-3H3,(H,25,32)(H,26,30)/t20-/m1/s1. The molecular weight excluding hydrogens is 438 g/mol. The lowest BCUT2D eigenvalue weighted by atomic mass is 10.0. The van der Waals surface area contributed by atoms with Crippen LogP contribution in [0.5, 0.6) is 0 Å². The Balaban J connectivity index is 1.54. The molecule has 1 atom stereocenters. The highest BCUT2D eigenvalue weighted by molar-refractivity contribution is 5.97. The molecule has 2 aliphatic heterocycles. The molecule has 0 radical (unpaired) electrons. The Hall–Kier alpha value is -3.14. The van der Waals surface area contributed by atoms with Gasteiger partial charge in [0.15, 0.2) is 0 Å². The molecular formula is C24H35N5O5. The number of carbonyl (C=O) groups excluding carboxylic acids is 4. The van der Waals surface area contributed by atoms with Gasteiger partial charge in [0.2, 0.25) is 17.7 Å². The van der Waals surface area contributed by atoms with Crippen LogP contribution in [0.2, 0.25) is 0 Å². The molecule has 4 amide bonds. The fourth-order valence-corrected chi connectivity index (χ4v) is 4.14. The minimum Gasteiger partial charge on any atom is -0.450 e. The molecule has 186 valence electrons. The van der Waals surface area contributed by atoms with Crippen LogP contribution in [0.3, 0.4) is 0 Å². The molecule has 10 nitrogen and oxygen atoms in total. The molecule has 2 fully saturated rings. The first kappa shape index (κ1) is 25.5. The van der Waals surface area contributed by atoms with E-state index in [0.29, 0.717) is 57.5 Å². The van der Waals surface area contributed by atoms with Gasteiger partial charge in [0.05, 0.1) is 19.6 Å². The third kappa shape index (κ3) is 6.69. The molecule has 1 aromatic carbocycles. The van der Waals surface area contributed by atoms with E-state index in [9.17, 15) is 19.2 Å². The molecule has 3 rings (SSSR count). The van der Waals surface area contributed by atoms with Gasteiger partial charge in [-0.05, 0) is 30.5 Å². The van der Waals surface area contributed by atoms with Crippen LogP contribution in [0.25, 0.3) is 0 Å². The Morgan fingerprint density at radius 2 is 1.76 bits per heavy atom. The van der Waals surface area contributed by atoms with Crippen LogP contribution in [0.15, 0.2) is 24.3 Å². The lowest BCUT2D eigenvalue weighted by Crippen LogP contribution is -2.60. The predicted molar refractivity (Wildman–Crippen MR) is 127 cm³/mol. The molecule has 34 heavy (non-hydrogen) atoms. The maximum Gasteiger partial charge on any atom is 0.409 e. The van der Waals surface area contributed by atoms with E-state index in [0.717, 1.165) is 0 Å². The van der Waals surface area contributed by atoms with E-state index >= 15 is 0 Å². The van der Waals surface area contributed by atoms with Crippen LogP contribution in [-0.2, 0) is 19.1 Å². The molecule has 0 aromatic heterocycles. The normalized spacial score (nSPS) is 19.1. The van der Waals surface area contributed by atoms with E-state index in [1.165, 1.54) is 10.5 Å². The second-order valence-corrected chi connectivity index (χ2v) is 8.89. The topological polar surface area (TPSA) is 111 Å². The monoisotopic (exact) mass is 473 g/mol. The van der Waals surface area contributed by atoms with Crippen molar-refractivity contribution in [2.24, 2.45) is 0 Å². The van der Waals surface area contributed by atoms with Crippen molar-refractivity contribution in [2.75, 3.05) is 57.7 Å². The van der Waals surface area contributed by atoms with Crippen LogP contribution < -0.4 is 10.6 Å². The molecule has 0 saturated carbocycles. The van der Waals surface area contributed by atoms with Gasteiger partial charge in [0.25, 0.3) is 0 Å². The van der Waals surface area contributed by atoms with E-state index in [1.54, 1.807) is 11.8 Å². The molecule has 2 saturated heterocycles. The van der Waals surface area contributed by atoms with Gasteiger partial charge in [-0.2, -0.15) is 0 Å². The van der Waals surface area contributed by atoms with Crippen molar-refractivity contribution in [3.63, 3.8) is 0 Å². The highest BCUT2D eigenvalue weighted by Crippen LogP contribution is 2.18. The Morgan fingerprint density at radius 1 is 1.09 bits per heavy atom. The fraction of sp³-hybridized carbons (Fsp3) is 0.583. The summed E-state index contributed by atoms with van der Waals surface area (Å²) >= 11 is 0. The molecule has 0 bridgehead atoms. The first-order chi connectivity index (χ1) is 16.3. The third-order valence-corrected chi connectivity index (χ3v) is 6.15. The van der Waals surface area contributed by atoms with E-state index in [2.05, 4.69) is 24.5 Å². The summed E-state index contributed by atoms with van der Waals surface area (Å²) in [4.78, 5) is 55.2. The van der Waals surface area contributed by atoms with Crippen molar-refractivity contribution >= 4 is 29.5 Å². The van der Waals surface area contributed by atoms with Gasteiger partial charge >= 0.3 is 6.09 Å². The van der Waals surface area contributed by atoms with E-state index in [4.69, 9.17) is 4.74 Å². The number of piperazine rings is 2. The Kier molecular flexibility index (Phi) is 8.86. The molecule has 2 N–H and O–H groups in total. The molecule has 1 aromatic rings. The quantitative estimate of drug-likeness (QED) is 0.616. The summed E-state index contributed by atoms with van der Waals surface area (Å²) in [6.07, 6.45) is -0.453. The smallest absolute Gasteiger partial charge is 0.409 e. The summed E-state index contributed by atoms with van der Waals surface area (Å²) in [6.45, 7) is 9.19. The molecule has 10 heteroatoms.